The standard InChI is InChI=1S/C15H13Cl2NO2.ClH/c16-11-2-1-9(5-12(11)17)15-10-7-14(20)13(19)6-8(10)3-4-18-15;/h1-2,5-7,15,18-20H,3-4H2;1H. The van der Waals surface area contributed by atoms with Crippen LogP contribution in [-0.2, 0) is 6.42 Å². The Bertz CT molecular complexity index is 676. The van der Waals surface area contributed by atoms with E-state index in [1.54, 1.807) is 18.2 Å². The van der Waals surface area contributed by atoms with Crippen molar-refractivity contribution in [1.29, 1.82) is 0 Å². The van der Waals surface area contributed by atoms with Crippen molar-refractivity contribution < 1.29 is 10.2 Å². The third-order valence-electron chi connectivity index (χ3n) is 3.57. The van der Waals surface area contributed by atoms with Crippen LogP contribution in [0.15, 0.2) is 30.3 Å². The Morgan fingerprint density at radius 3 is 2.43 bits per heavy atom. The molecule has 0 amide bonds. The van der Waals surface area contributed by atoms with Crippen molar-refractivity contribution in [3.05, 3.63) is 57.1 Å². The predicted octanol–water partition coefficient (Wildman–Crippen LogP) is 4.06. The van der Waals surface area contributed by atoms with Crippen LogP contribution in [0, 0.1) is 0 Å². The Kier molecular flexibility index (Phi) is 4.89. The van der Waals surface area contributed by atoms with Gasteiger partial charge in [-0.15, -0.1) is 12.4 Å². The van der Waals surface area contributed by atoms with Crippen LogP contribution in [0.1, 0.15) is 22.7 Å². The number of benzene rings is 2. The molecule has 21 heavy (non-hydrogen) atoms. The highest BCUT2D eigenvalue weighted by Crippen LogP contribution is 2.37. The maximum atomic E-state index is 9.71. The summed E-state index contributed by atoms with van der Waals surface area (Å²) in [5, 5.41) is 23.7. The highest BCUT2D eigenvalue weighted by atomic mass is 35.5. The van der Waals surface area contributed by atoms with Gasteiger partial charge in [0, 0.05) is 6.54 Å². The summed E-state index contributed by atoms with van der Waals surface area (Å²) in [7, 11) is 0. The van der Waals surface area contributed by atoms with Gasteiger partial charge in [0.15, 0.2) is 11.5 Å². The molecule has 0 bridgehead atoms. The van der Waals surface area contributed by atoms with Gasteiger partial charge in [-0.05, 0) is 47.4 Å². The summed E-state index contributed by atoms with van der Waals surface area (Å²) < 4.78 is 0. The number of phenolic OH excluding ortho intramolecular Hbond substituents is 2. The van der Waals surface area contributed by atoms with E-state index in [1.165, 1.54) is 0 Å². The normalized spacial score (nSPS) is 17.0. The summed E-state index contributed by atoms with van der Waals surface area (Å²) in [6.07, 6.45) is 0.807. The number of fused-ring (bicyclic) bond motifs is 1. The molecule has 0 aromatic heterocycles. The second-order valence-electron chi connectivity index (χ2n) is 4.85. The minimum Gasteiger partial charge on any atom is -0.504 e. The first-order valence-corrected chi connectivity index (χ1v) is 7.05. The summed E-state index contributed by atoms with van der Waals surface area (Å²) in [4.78, 5) is 0. The van der Waals surface area contributed by atoms with Gasteiger partial charge in [-0.1, -0.05) is 29.3 Å². The number of hydrogen-bond acceptors (Lipinski definition) is 3. The van der Waals surface area contributed by atoms with Crippen molar-refractivity contribution in [2.45, 2.75) is 12.5 Å². The van der Waals surface area contributed by atoms with Crippen molar-refractivity contribution in [1.82, 2.24) is 5.32 Å². The van der Waals surface area contributed by atoms with Gasteiger partial charge in [0.2, 0.25) is 0 Å². The maximum absolute atomic E-state index is 9.71. The van der Waals surface area contributed by atoms with Gasteiger partial charge in [-0.3, -0.25) is 0 Å². The first kappa shape index (κ1) is 16.2. The summed E-state index contributed by atoms with van der Waals surface area (Å²) >= 11 is 12.0. The molecule has 0 spiro atoms. The molecule has 3 rings (SSSR count). The van der Waals surface area contributed by atoms with E-state index in [0.29, 0.717) is 10.0 Å². The molecule has 112 valence electrons. The molecule has 3 N–H and O–H groups in total. The Labute approximate surface area is 138 Å². The highest BCUT2D eigenvalue weighted by Gasteiger charge is 2.23. The fourth-order valence-corrected chi connectivity index (χ4v) is 2.88. The van der Waals surface area contributed by atoms with Gasteiger partial charge in [0.05, 0.1) is 16.1 Å². The zero-order valence-corrected chi connectivity index (χ0v) is 13.3. The van der Waals surface area contributed by atoms with E-state index >= 15 is 0 Å². The van der Waals surface area contributed by atoms with Crippen LogP contribution in [0.25, 0.3) is 0 Å². The van der Waals surface area contributed by atoms with Gasteiger partial charge >= 0.3 is 0 Å². The third kappa shape index (κ3) is 3.06. The predicted molar refractivity (Wildman–Crippen MR) is 87.0 cm³/mol. The van der Waals surface area contributed by atoms with E-state index in [1.807, 2.05) is 12.1 Å². The van der Waals surface area contributed by atoms with Crippen LogP contribution in [0.2, 0.25) is 10.0 Å². The largest absolute Gasteiger partial charge is 0.504 e. The number of hydrogen-bond donors (Lipinski definition) is 3. The van der Waals surface area contributed by atoms with Crippen molar-refractivity contribution in [2.75, 3.05) is 6.54 Å². The Morgan fingerprint density at radius 1 is 1.00 bits per heavy atom. The summed E-state index contributed by atoms with van der Waals surface area (Å²) in [6, 6.07) is 8.64. The SMILES string of the molecule is Cl.Oc1cc2c(cc1O)C(c1ccc(Cl)c(Cl)c1)NCC2. The number of rotatable bonds is 1. The van der Waals surface area contributed by atoms with E-state index < -0.39 is 0 Å². The molecule has 2 aromatic carbocycles. The van der Waals surface area contributed by atoms with Crippen LogP contribution in [0.4, 0.5) is 0 Å². The molecule has 2 aromatic rings. The van der Waals surface area contributed by atoms with Gasteiger partial charge in [0.25, 0.3) is 0 Å². The monoisotopic (exact) mass is 345 g/mol. The van der Waals surface area contributed by atoms with Crippen LogP contribution in [0.5, 0.6) is 11.5 Å². The molecule has 0 aliphatic carbocycles. The minimum absolute atomic E-state index is 0. The van der Waals surface area contributed by atoms with Crippen LogP contribution in [0.3, 0.4) is 0 Å². The molecule has 1 unspecified atom stereocenters. The van der Waals surface area contributed by atoms with Crippen molar-refractivity contribution in [3.8, 4) is 11.5 Å². The highest BCUT2D eigenvalue weighted by molar-refractivity contribution is 6.42. The molecule has 0 radical (unpaired) electrons. The number of nitrogens with one attached hydrogen (secondary N) is 1. The topological polar surface area (TPSA) is 52.5 Å². The molecule has 6 heteroatoms. The molecule has 1 heterocycles. The number of phenols is 2. The van der Waals surface area contributed by atoms with E-state index in [2.05, 4.69) is 5.32 Å². The Balaban J connectivity index is 0.00000161. The first-order chi connectivity index (χ1) is 9.56. The van der Waals surface area contributed by atoms with E-state index in [-0.39, 0.29) is 29.9 Å². The average Bonchev–Trinajstić information content (AvgIpc) is 2.43. The van der Waals surface area contributed by atoms with Gasteiger partial charge < -0.3 is 15.5 Å². The number of aromatic hydroxyl groups is 2. The summed E-state index contributed by atoms with van der Waals surface area (Å²) in [6.45, 7) is 0.794. The molecule has 1 atom stereocenters. The molecule has 0 saturated carbocycles. The zero-order valence-electron chi connectivity index (χ0n) is 10.9. The fraction of sp³-hybridized carbons (Fsp3) is 0.200. The van der Waals surface area contributed by atoms with Gasteiger partial charge in [-0.2, -0.15) is 0 Å². The van der Waals surface area contributed by atoms with Crippen LogP contribution >= 0.6 is 35.6 Å². The Hall–Kier alpha value is -1.13. The first-order valence-electron chi connectivity index (χ1n) is 6.29. The molecule has 1 aliphatic rings. The maximum Gasteiger partial charge on any atom is 0.157 e. The zero-order chi connectivity index (χ0) is 14.3. The van der Waals surface area contributed by atoms with E-state index in [0.717, 1.165) is 29.7 Å². The fourth-order valence-electron chi connectivity index (χ4n) is 2.57. The van der Waals surface area contributed by atoms with E-state index in [4.69, 9.17) is 23.2 Å². The third-order valence-corrected chi connectivity index (χ3v) is 4.31. The summed E-state index contributed by atoms with van der Waals surface area (Å²) in [5.74, 6) is -0.198. The van der Waals surface area contributed by atoms with Crippen LogP contribution < -0.4 is 5.32 Å². The second kappa shape index (κ2) is 6.32. The van der Waals surface area contributed by atoms with Gasteiger partial charge in [0.1, 0.15) is 0 Å². The lowest BCUT2D eigenvalue weighted by Gasteiger charge is -2.28. The van der Waals surface area contributed by atoms with E-state index in [9.17, 15) is 10.2 Å². The summed E-state index contributed by atoms with van der Waals surface area (Å²) in [5.41, 5.74) is 2.95. The molecular weight excluding hydrogens is 333 g/mol. The lowest BCUT2D eigenvalue weighted by molar-refractivity contribution is 0.400. The number of halogens is 3. The second-order valence-corrected chi connectivity index (χ2v) is 5.66. The lowest BCUT2D eigenvalue weighted by atomic mass is 9.89. The van der Waals surface area contributed by atoms with Crippen molar-refractivity contribution in [3.63, 3.8) is 0 Å². The van der Waals surface area contributed by atoms with Crippen molar-refractivity contribution in [2.24, 2.45) is 0 Å². The van der Waals surface area contributed by atoms with Crippen molar-refractivity contribution >= 4 is 35.6 Å². The molecule has 0 fully saturated rings. The Morgan fingerprint density at radius 2 is 1.71 bits per heavy atom. The molecular formula is C15H14Cl3NO2. The molecule has 0 saturated heterocycles. The lowest BCUT2D eigenvalue weighted by Crippen LogP contribution is -2.30. The quantitative estimate of drug-likeness (QED) is 0.683. The molecule has 3 nitrogen and oxygen atoms in total. The molecule has 1 aliphatic heterocycles. The van der Waals surface area contributed by atoms with Gasteiger partial charge in [-0.25, -0.2) is 0 Å². The van der Waals surface area contributed by atoms with Crippen LogP contribution in [-0.4, -0.2) is 16.8 Å². The average molecular weight is 347 g/mol. The minimum atomic E-state index is -0.113. The smallest absolute Gasteiger partial charge is 0.157 e.